The first kappa shape index (κ1) is 8.32. The quantitative estimate of drug-likeness (QED) is 0.720. The number of hydrogen-bond donors (Lipinski definition) is 1. The van der Waals surface area contributed by atoms with Gasteiger partial charge in [0.05, 0.1) is 0 Å². The van der Waals surface area contributed by atoms with Gasteiger partial charge in [-0.25, -0.2) is 0 Å². The summed E-state index contributed by atoms with van der Waals surface area (Å²) in [4.78, 5) is 0. The summed E-state index contributed by atoms with van der Waals surface area (Å²) >= 11 is 1.69. The van der Waals surface area contributed by atoms with Crippen LogP contribution in [0.1, 0.15) is 5.56 Å². The summed E-state index contributed by atoms with van der Waals surface area (Å²) in [5.74, 6) is 0.366. The van der Waals surface area contributed by atoms with Gasteiger partial charge in [-0.2, -0.15) is 0 Å². The van der Waals surface area contributed by atoms with E-state index in [1.165, 1.54) is 4.70 Å². The highest BCUT2D eigenvalue weighted by Gasteiger charge is 2.05. The van der Waals surface area contributed by atoms with E-state index in [4.69, 9.17) is 0 Å². The zero-order chi connectivity index (χ0) is 9.26. The SMILES string of the molecule is C=CCc1c(O)ccc2sccc12. The maximum atomic E-state index is 9.61. The first-order chi connectivity index (χ1) is 6.33. The molecule has 0 atom stereocenters. The lowest BCUT2D eigenvalue weighted by Gasteiger charge is -2.02. The number of aromatic hydroxyl groups is 1. The molecule has 66 valence electrons. The molecule has 0 radical (unpaired) electrons. The number of phenols is 1. The summed E-state index contributed by atoms with van der Waals surface area (Å²) in [7, 11) is 0. The van der Waals surface area contributed by atoms with Crippen molar-refractivity contribution < 1.29 is 5.11 Å². The molecule has 0 unspecified atom stereocenters. The fourth-order valence-corrected chi connectivity index (χ4v) is 2.27. The second-order valence-corrected chi connectivity index (χ2v) is 3.84. The molecule has 1 nitrogen and oxygen atoms in total. The van der Waals surface area contributed by atoms with Gasteiger partial charge in [0.25, 0.3) is 0 Å². The molecule has 13 heavy (non-hydrogen) atoms. The standard InChI is InChI=1S/C11H10OS/c1-2-3-8-9-6-7-13-11(9)5-4-10(8)12/h2,4-7,12H,1,3H2. The van der Waals surface area contributed by atoms with Crippen LogP contribution in [0, 0.1) is 0 Å². The third-order valence-corrected chi connectivity index (χ3v) is 2.95. The molecule has 2 rings (SSSR count). The Balaban J connectivity index is 2.72. The fraction of sp³-hybridized carbons (Fsp3) is 0.0909. The molecule has 0 amide bonds. The minimum absolute atomic E-state index is 0.366. The lowest BCUT2D eigenvalue weighted by molar-refractivity contribution is 0.471. The van der Waals surface area contributed by atoms with Gasteiger partial charge in [0, 0.05) is 10.3 Å². The largest absolute Gasteiger partial charge is 0.508 e. The van der Waals surface area contributed by atoms with E-state index in [9.17, 15) is 5.11 Å². The van der Waals surface area contributed by atoms with Crippen LogP contribution in [0.25, 0.3) is 10.1 Å². The van der Waals surface area contributed by atoms with E-state index in [2.05, 4.69) is 6.58 Å². The molecule has 0 aliphatic rings. The monoisotopic (exact) mass is 190 g/mol. The minimum atomic E-state index is 0.366. The Hall–Kier alpha value is -1.28. The van der Waals surface area contributed by atoms with Gasteiger partial charge in [-0.1, -0.05) is 6.08 Å². The molecule has 1 N–H and O–H groups in total. The van der Waals surface area contributed by atoms with E-state index in [1.54, 1.807) is 17.4 Å². The lowest BCUT2D eigenvalue weighted by atomic mass is 10.1. The van der Waals surface area contributed by atoms with Crippen molar-refractivity contribution in [2.75, 3.05) is 0 Å². The van der Waals surface area contributed by atoms with Gasteiger partial charge in [0.2, 0.25) is 0 Å². The molecule has 1 aromatic heterocycles. The summed E-state index contributed by atoms with van der Waals surface area (Å²) in [6, 6.07) is 5.73. The van der Waals surface area contributed by atoms with Crippen LogP contribution in [-0.2, 0) is 6.42 Å². The summed E-state index contributed by atoms with van der Waals surface area (Å²) < 4.78 is 1.22. The van der Waals surface area contributed by atoms with Crippen LogP contribution in [0.4, 0.5) is 0 Å². The highest BCUT2D eigenvalue weighted by atomic mass is 32.1. The zero-order valence-electron chi connectivity index (χ0n) is 7.16. The van der Waals surface area contributed by atoms with Crippen molar-refractivity contribution in [3.05, 3.63) is 41.8 Å². The second-order valence-electron chi connectivity index (χ2n) is 2.89. The second kappa shape index (κ2) is 3.23. The Morgan fingerprint density at radius 2 is 2.23 bits per heavy atom. The molecule has 0 fully saturated rings. The number of phenolic OH excluding ortho intramolecular Hbond substituents is 1. The molecule has 0 bridgehead atoms. The highest BCUT2D eigenvalue weighted by molar-refractivity contribution is 7.17. The van der Waals surface area contributed by atoms with Gasteiger partial charge in [0.1, 0.15) is 5.75 Å². The van der Waals surface area contributed by atoms with E-state index in [1.807, 2.05) is 23.6 Å². The van der Waals surface area contributed by atoms with Crippen LogP contribution in [0.3, 0.4) is 0 Å². The van der Waals surface area contributed by atoms with E-state index in [-0.39, 0.29) is 0 Å². The van der Waals surface area contributed by atoms with Crippen molar-refractivity contribution in [1.82, 2.24) is 0 Å². The molecule has 1 aromatic carbocycles. The summed E-state index contributed by atoms with van der Waals surface area (Å²) in [5, 5.41) is 12.8. The van der Waals surface area contributed by atoms with E-state index in [0.29, 0.717) is 5.75 Å². The van der Waals surface area contributed by atoms with Crippen molar-refractivity contribution >= 4 is 21.4 Å². The summed E-state index contributed by atoms with van der Waals surface area (Å²) in [5.41, 5.74) is 0.980. The summed E-state index contributed by atoms with van der Waals surface area (Å²) in [6.07, 6.45) is 2.53. The molecule has 2 heteroatoms. The Morgan fingerprint density at radius 1 is 1.38 bits per heavy atom. The van der Waals surface area contributed by atoms with Gasteiger partial charge in [-0.3, -0.25) is 0 Å². The molecular formula is C11H10OS. The van der Waals surface area contributed by atoms with Crippen LogP contribution < -0.4 is 0 Å². The van der Waals surface area contributed by atoms with Gasteiger partial charge in [-0.05, 0) is 35.4 Å². The average molecular weight is 190 g/mol. The number of rotatable bonds is 2. The third kappa shape index (κ3) is 1.33. The van der Waals surface area contributed by atoms with Crippen LogP contribution in [0.2, 0.25) is 0 Å². The smallest absolute Gasteiger partial charge is 0.119 e. The minimum Gasteiger partial charge on any atom is -0.508 e. The first-order valence-corrected chi connectivity index (χ1v) is 5.00. The number of benzene rings is 1. The van der Waals surface area contributed by atoms with E-state index >= 15 is 0 Å². The van der Waals surface area contributed by atoms with Gasteiger partial charge in [0.15, 0.2) is 0 Å². The topological polar surface area (TPSA) is 20.2 Å². The Labute approximate surface area is 81.0 Å². The number of allylic oxidation sites excluding steroid dienone is 1. The van der Waals surface area contributed by atoms with Crippen LogP contribution in [0.5, 0.6) is 5.75 Å². The first-order valence-electron chi connectivity index (χ1n) is 4.12. The van der Waals surface area contributed by atoms with Gasteiger partial charge in [-0.15, -0.1) is 17.9 Å². The van der Waals surface area contributed by atoms with Crippen LogP contribution in [-0.4, -0.2) is 5.11 Å². The Morgan fingerprint density at radius 3 is 3.00 bits per heavy atom. The molecule has 0 spiro atoms. The van der Waals surface area contributed by atoms with Crippen LogP contribution >= 0.6 is 11.3 Å². The number of thiophene rings is 1. The third-order valence-electron chi connectivity index (χ3n) is 2.07. The predicted octanol–water partition coefficient (Wildman–Crippen LogP) is 3.34. The van der Waals surface area contributed by atoms with E-state index in [0.717, 1.165) is 17.4 Å². The maximum Gasteiger partial charge on any atom is 0.119 e. The lowest BCUT2D eigenvalue weighted by Crippen LogP contribution is -1.82. The van der Waals surface area contributed by atoms with E-state index < -0.39 is 0 Å². The highest BCUT2D eigenvalue weighted by Crippen LogP contribution is 2.30. The predicted molar refractivity (Wildman–Crippen MR) is 57.4 cm³/mol. The van der Waals surface area contributed by atoms with Gasteiger partial charge >= 0.3 is 0 Å². The average Bonchev–Trinajstić information content (AvgIpc) is 2.58. The molecule has 0 saturated carbocycles. The van der Waals surface area contributed by atoms with Gasteiger partial charge < -0.3 is 5.11 Å². The molecular weight excluding hydrogens is 180 g/mol. The normalized spacial score (nSPS) is 10.5. The molecule has 0 saturated heterocycles. The van der Waals surface area contributed by atoms with Crippen LogP contribution in [0.15, 0.2) is 36.2 Å². The number of fused-ring (bicyclic) bond motifs is 1. The van der Waals surface area contributed by atoms with Crippen molar-refractivity contribution in [2.45, 2.75) is 6.42 Å². The molecule has 0 aliphatic carbocycles. The Kier molecular flexibility index (Phi) is 2.07. The molecule has 0 aliphatic heterocycles. The fourth-order valence-electron chi connectivity index (χ4n) is 1.45. The molecule has 2 aromatic rings. The summed E-state index contributed by atoms with van der Waals surface area (Å²) in [6.45, 7) is 3.68. The van der Waals surface area contributed by atoms with Crippen molar-refractivity contribution in [2.24, 2.45) is 0 Å². The number of hydrogen-bond acceptors (Lipinski definition) is 2. The molecule has 1 heterocycles. The van der Waals surface area contributed by atoms with Crippen molar-refractivity contribution in [1.29, 1.82) is 0 Å². The van der Waals surface area contributed by atoms with Crippen molar-refractivity contribution in [3.8, 4) is 5.75 Å². The van der Waals surface area contributed by atoms with Crippen molar-refractivity contribution in [3.63, 3.8) is 0 Å². The zero-order valence-corrected chi connectivity index (χ0v) is 7.97. The maximum absolute atomic E-state index is 9.61. The Bertz CT molecular complexity index is 442.